The molecule has 0 aliphatic rings. The van der Waals surface area contributed by atoms with E-state index in [1.165, 1.54) is 10.7 Å². The van der Waals surface area contributed by atoms with Gasteiger partial charge in [-0.05, 0) is 18.2 Å². The van der Waals surface area contributed by atoms with Crippen LogP contribution in [-0.2, 0) is 12.5 Å². The molecule has 21 heavy (non-hydrogen) atoms. The summed E-state index contributed by atoms with van der Waals surface area (Å²) in [6.45, 7) is 5.95. The van der Waals surface area contributed by atoms with Gasteiger partial charge in [-0.15, -0.1) is 0 Å². The summed E-state index contributed by atoms with van der Waals surface area (Å²) in [6, 6.07) is 4.66. The molecule has 112 valence electrons. The number of carbonyl (C=O) groups excluding carboxylic acids is 1. The lowest BCUT2D eigenvalue weighted by atomic mass is 9.92. The molecule has 0 saturated heterocycles. The summed E-state index contributed by atoms with van der Waals surface area (Å²) < 4.78 is 27.8. The molecule has 0 unspecified atom stereocenters. The van der Waals surface area contributed by atoms with Crippen LogP contribution in [0.5, 0.6) is 0 Å². The van der Waals surface area contributed by atoms with Crippen LogP contribution in [0.3, 0.4) is 0 Å². The van der Waals surface area contributed by atoms with Crippen LogP contribution in [0.1, 0.15) is 37.0 Å². The average molecular weight is 293 g/mol. The van der Waals surface area contributed by atoms with Crippen molar-refractivity contribution in [2.75, 3.05) is 5.32 Å². The molecule has 2 rings (SSSR count). The Morgan fingerprint density at radius 1 is 1.24 bits per heavy atom. The average Bonchev–Trinajstić information content (AvgIpc) is 2.75. The van der Waals surface area contributed by atoms with Gasteiger partial charge in [-0.25, -0.2) is 8.78 Å². The van der Waals surface area contributed by atoms with E-state index in [9.17, 15) is 13.6 Å². The predicted octanol–water partition coefficient (Wildman–Crippen LogP) is 3.25. The second-order valence-corrected chi connectivity index (χ2v) is 5.87. The maximum atomic E-state index is 13.5. The lowest BCUT2D eigenvalue weighted by molar-refractivity contribution is 0.101. The maximum absolute atomic E-state index is 13.5. The number of aromatic nitrogens is 2. The summed E-state index contributed by atoms with van der Waals surface area (Å²) in [5, 5.41) is 6.70. The highest BCUT2D eigenvalue weighted by Crippen LogP contribution is 2.22. The van der Waals surface area contributed by atoms with Gasteiger partial charge in [-0.3, -0.25) is 9.48 Å². The van der Waals surface area contributed by atoms with Crippen LogP contribution < -0.4 is 5.32 Å². The minimum atomic E-state index is -0.818. The van der Waals surface area contributed by atoms with E-state index >= 15 is 0 Å². The molecular weight excluding hydrogens is 276 g/mol. The molecule has 1 heterocycles. The number of anilines is 1. The maximum Gasteiger partial charge on any atom is 0.274 e. The molecule has 1 N–H and O–H groups in total. The fraction of sp³-hybridized carbons (Fsp3) is 0.333. The molecule has 6 heteroatoms. The standard InChI is InChI=1S/C15H17F2N3O/c1-15(2,3)13-8-12(20(4)19-13)14(21)18-11-6-5-9(16)7-10(11)17/h5-8H,1-4H3,(H,18,21). The van der Waals surface area contributed by atoms with E-state index in [0.717, 1.165) is 17.8 Å². The van der Waals surface area contributed by atoms with Crippen molar-refractivity contribution in [3.8, 4) is 0 Å². The fourth-order valence-corrected chi connectivity index (χ4v) is 1.82. The van der Waals surface area contributed by atoms with Crippen LogP contribution in [0.2, 0.25) is 0 Å². The van der Waals surface area contributed by atoms with Crippen molar-refractivity contribution < 1.29 is 13.6 Å². The SMILES string of the molecule is Cn1nc(C(C)(C)C)cc1C(=O)Nc1ccc(F)cc1F. The highest BCUT2D eigenvalue weighted by molar-refractivity contribution is 6.03. The third-order valence-electron chi connectivity index (χ3n) is 3.06. The summed E-state index contributed by atoms with van der Waals surface area (Å²) >= 11 is 0. The zero-order valence-corrected chi connectivity index (χ0v) is 12.4. The van der Waals surface area contributed by atoms with Gasteiger partial charge in [-0.1, -0.05) is 20.8 Å². The summed E-state index contributed by atoms with van der Waals surface area (Å²) in [7, 11) is 1.64. The highest BCUT2D eigenvalue weighted by atomic mass is 19.1. The Kier molecular flexibility index (Phi) is 3.80. The first kappa shape index (κ1) is 15.2. The van der Waals surface area contributed by atoms with Crippen molar-refractivity contribution in [1.82, 2.24) is 9.78 Å². The van der Waals surface area contributed by atoms with Crippen LogP contribution in [0.4, 0.5) is 14.5 Å². The smallest absolute Gasteiger partial charge is 0.274 e. The first-order chi connectivity index (χ1) is 9.68. The molecule has 1 aromatic carbocycles. The van der Waals surface area contributed by atoms with Gasteiger partial charge in [0.1, 0.15) is 17.3 Å². The molecular formula is C15H17F2N3O. The van der Waals surface area contributed by atoms with Gasteiger partial charge in [0.05, 0.1) is 11.4 Å². The van der Waals surface area contributed by atoms with Crippen LogP contribution in [0, 0.1) is 11.6 Å². The first-order valence-electron chi connectivity index (χ1n) is 6.49. The lowest BCUT2D eigenvalue weighted by Gasteiger charge is -2.13. The van der Waals surface area contributed by atoms with Crippen molar-refractivity contribution in [2.45, 2.75) is 26.2 Å². The van der Waals surface area contributed by atoms with Gasteiger partial charge in [0, 0.05) is 18.5 Å². The number of hydrogen-bond donors (Lipinski definition) is 1. The number of halogens is 2. The number of hydrogen-bond acceptors (Lipinski definition) is 2. The van der Waals surface area contributed by atoms with Gasteiger partial charge in [0.15, 0.2) is 0 Å². The molecule has 2 aromatic rings. The van der Waals surface area contributed by atoms with Crippen molar-refractivity contribution >= 4 is 11.6 Å². The van der Waals surface area contributed by atoms with E-state index in [4.69, 9.17) is 0 Å². The normalized spacial score (nSPS) is 11.5. The Balaban J connectivity index is 2.27. The molecule has 0 aliphatic carbocycles. The van der Waals surface area contributed by atoms with Crippen molar-refractivity contribution in [3.05, 3.63) is 47.3 Å². The van der Waals surface area contributed by atoms with Gasteiger partial charge in [0.2, 0.25) is 0 Å². The number of nitrogens with zero attached hydrogens (tertiary/aromatic N) is 2. The molecule has 0 atom stereocenters. The number of benzene rings is 1. The van der Waals surface area contributed by atoms with E-state index < -0.39 is 17.5 Å². The first-order valence-corrected chi connectivity index (χ1v) is 6.49. The molecule has 0 aliphatic heterocycles. The van der Waals surface area contributed by atoms with E-state index in [-0.39, 0.29) is 11.1 Å². The van der Waals surface area contributed by atoms with E-state index in [1.807, 2.05) is 20.8 Å². The quantitative estimate of drug-likeness (QED) is 0.924. The third kappa shape index (κ3) is 3.26. The summed E-state index contributed by atoms with van der Waals surface area (Å²) in [4.78, 5) is 12.2. The van der Waals surface area contributed by atoms with Crippen LogP contribution in [0.15, 0.2) is 24.3 Å². The topological polar surface area (TPSA) is 46.9 Å². The number of carbonyl (C=O) groups is 1. The number of rotatable bonds is 2. The van der Waals surface area contributed by atoms with Gasteiger partial charge >= 0.3 is 0 Å². The summed E-state index contributed by atoms with van der Waals surface area (Å²) in [5.41, 5.74) is 0.801. The van der Waals surface area contributed by atoms with Crippen molar-refractivity contribution in [1.29, 1.82) is 0 Å². The molecule has 1 aromatic heterocycles. The van der Waals surface area contributed by atoms with Gasteiger partial charge in [-0.2, -0.15) is 5.10 Å². The van der Waals surface area contributed by atoms with Crippen LogP contribution >= 0.6 is 0 Å². The summed E-state index contributed by atoms with van der Waals surface area (Å²) in [6.07, 6.45) is 0. The highest BCUT2D eigenvalue weighted by Gasteiger charge is 2.22. The molecule has 0 bridgehead atoms. The van der Waals surface area contributed by atoms with E-state index in [1.54, 1.807) is 13.1 Å². The molecule has 4 nitrogen and oxygen atoms in total. The number of nitrogens with one attached hydrogen (secondary N) is 1. The fourth-order valence-electron chi connectivity index (χ4n) is 1.82. The van der Waals surface area contributed by atoms with E-state index in [0.29, 0.717) is 5.69 Å². The zero-order chi connectivity index (χ0) is 15.8. The van der Waals surface area contributed by atoms with Gasteiger partial charge in [0.25, 0.3) is 5.91 Å². The Bertz CT molecular complexity index is 687. The Hall–Kier alpha value is -2.24. The summed E-state index contributed by atoms with van der Waals surface area (Å²) in [5.74, 6) is -2.01. The van der Waals surface area contributed by atoms with Crippen molar-refractivity contribution in [2.24, 2.45) is 7.05 Å². The predicted molar refractivity (Wildman–Crippen MR) is 76.2 cm³/mol. The Labute approximate surface area is 121 Å². The Morgan fingerprint density at radius 2 is 1.90 bits per heavy atom. The van der Waals surface area contributed by atoms with Crippen LogP contribution in [0.25, 0.3) is 0 Å². The van der Waals surface area contributed by atoms with Crippen LogP contribution in [-0.4, -0.2) is 15.7 Å². The number of aryl methyl sites for hydroxylation is 1. The largest absolute Gasteiger partial charge is 0.318 e. The molecule has 1 amide bonds. The molecule has 0 saturated carbocycles. The van der Waals surface area contributed by atoms with E-state index in [2.05, 4.69) is 10.4 Å². The lowest BCUT2D eigenvalue weighted by Crippen LogP contribution is -2.16. The third-order valence-corrected chi connectivity index (χ3v) is 3.06. The minimum Gasteiger partial charge on any atom is -0.318 e. The zero-order valence-electron chi connectivity index (χ0n) is 12.4. The Morgan fingerprint density at radius 3 is 2.43 bits per heavy atom. The second-order valence-electron chi connectivity index (χ2n) is 5.87. The van der Waals surface area contributed by atoms with Gasteiger partial charge < -0.3 is 5.32 Å². The number of amides is 1. The van der Waals surface area contributed by atoms with Crippen molar-refractivity contribution in [3.63, 3.8) is 0 Å². The minimum absolute atomic E-state index is 0.0695. The molecule has 0 fully saturated rings. The molecule has 0 spiro atoms. The molecule has 0 radical (unpaired) electrons. The monoisotopic (exact) mass is 293 g/mol. The second kappa shape index (κ2) is 5.27.